The minimum atomic E-state index is -0.0543. The maximum Gasteiger partial charge on any atom is 0.231 e. The van der Waals surface area contributed by atoms with Crippen molar-refractivity contribution in [2.75, 3.05) is 29.9 Å². The Bertz CT molecular complexity index is 699. The molecule has 0 radical (unpaired) electrons. The quantitative estimate of drug-likeness (QED) is 0.940. The molecule has 0 saturated heterocycles. The molecule has 1 heterocycles. The zero-order valence-electron chi connectivity index (χ0n) is 13.6. The number of aryl methyl sites for hydroxylation is 1. The Kier molecular flexibility index (Phi) is 4.51. The molecule has 120 valence electrons. The molecule has 0 aromatic heterocycles. The van der Waals surface area contributed by atoms with Crippen LogP contribution in [0.4, 0.5) is 11.4 Å². The van der Waals surface area contributed by atoms with Crippen LogP contribution in [-0.4, -0.2) is 25.6 Å². The van der Waals surface area contributed by atoms with Crippen molar-refractivity contribution in [1.29, 1.82) is 0 Å². The van der Waals surface area contributed by atoms with Crippen molar-refractivity contribution in [2.24, 2.45) is 5.92 Å². The van der Waals surface area contributed by atoms with Crippen LogP contribution < -0.4 is 15.0 Å². The Morgan fingerprint density at radius 2 is 2.04 bits per heavy atom. The van der Waals surface area contributed by atoms with Crippen molar-refractivity contribution in [1.82, 2.24) is 0 Å². The van der Waals surface area contributed by atoms with E-state index in [1.54, 1.807) is 0 Å². The summed E-state index contributed by atoms with van der Waals surface area (Å²) in [5.74, 6) is 0.920. The zero-order valence-corrected chi connectivity index (χ0v) is 13.6. The SMILES string of the molecule is Cc1cccc(OCCN2C(=O)[C@@H](C)CNc3ccccc32)c1. The molecule has 1 N–H and O–H groups in total. The minimum absolute atomic E-state index is 0.0543. The number of anilines is 2. The molecular weight excluding hydrogens is 288 g/mol. The van der Waals surface area contributed by atoms with Crippen LogP contribution in [0.15, 0.2) is 48.5 Å². The highest BCUT2D eigenvalue weighted by atomic mass is 16.5. The first-order valence-electron chi connectivity index (χ1n) is 7.99. The number of carbonyl (C=O) groups excluding carboxylic acids is 1. The van der Waals surface area contributed by atoms with E-state index in [9.17, 15) is 4.79 Å². The molecule has 23 heavy (non-hydrogen) atoms. The first-order chi connectivity index (χ1) is 11.1. The van der Waals surface area contributed by atoms with E-state index in [-0.39, 0.29) is 11.8 Å². The number of rotatable bonds is 4. The van der Waals surface area contributed by atoms with E-state index in [1.807, 2.05) is 67.3 Å². The van der Waals surface area contributed by atoms with Gasteiger partial charge in [0.25, 0.3) is 0 Å². The van der Waals surface area contributed by atoms with Gasteiger partial charge in [-0.1, -0.05) is 31.2 Å². The normalized spacial score (nSPS) is 17.2. The number of fused-ring (bicyclic) bond motifs is 1. The molecule has 0 bridgehead atoms. The molecule has 2 aromatic carbocycles. The maximum absolute atomic E-state index is 12.6. The van der Waals surface area contributed by atoms with Crippen LogP contribution in [-0.2, 0) is 4.79 Å². The van der Waals surface area contributed by atoms with Crippen molar-refractivity contribution >= 4 is 17.3 Å². The molecule has 1 aliphatic rings. The average molecular weight is 310 g/mol. The predicted octanol–water partition coefficient (Wildman–Crippen LogP) is 3.47. The van der Waals surface area contributed by atoms with Crippen LogP contribution in [0.3, 0.4) is 0 Å². The van der Waals surface area contributed by atoms with Gasteiger partial charge >= 0.3 is 0 Å². The first-order valence-corrected chi connectivity index (χ1v) is 7.99. The van der Waals surface area contributed by atoms with E-state index in [1.165, 1.54) is 0 Å². The van der Waals surface area contributed by atoms with Gasteiger partial charge in [-0.2, -0.15) is 0 Å². The van der Waals surface area contributed by atoms with Crippen LogP contribution in [0.5, 0.6) is 5.75 Å². The average Bonchev–Trinajstić information content (AvgIpc) is 2.67. The van der Waals surface area contributed by atoms with E-state index < -0.39 is 0 Å². The Hall–Kier alpha value is -2.49. The van der Waals surface area contributed by atoms with Crippen molar-refractivity contribution in [3.8, 4) is 5.75 Å². The van der Waals surface area contributed by atoms with Crippen molar-refractivity contribution < 1.29 is 9.53 Å². The van der Waals surface area contributed by atoms with E-state index in [2.05, 4.69) is 5.32 Å². The minimum Gasteiger partial charge on any atom is -0.492 e. The number of hydrogen-bond acceptors (Lipinski definition) is 3. The molecule has 4 nitrogen and oxygen atoms in total. The van der Waals surface area contributed by atoms with Gasteiger partial charge in [0.2, 0.25) is 5.91 Å². The van der Waals surface area contributed by atoms with Gasteiger partial charge in [0, 0.05) is 6.54 Å². The molecule has 0 spiro atoms. The number of carbonyl (C=O) groups is 1. The van der Waals surface area contributed by atoms with Crippen molar-refractivity contribution in [3.63, 3.8) is 0 Å². The fraction of sp³-hybridized carbons (Fsp3) is 0.316. The Morgan fingerprint density at radius 3 is 2.87 bits per heavy atom. The van der Waals surface area contributed by atoms with Gasteiger partial charge in [-0.3, -0.25) is 4.79 Å². The van der Waals surface area contributed by atoms with Crippen molar-refractivity contribution in [2.45, 2.75) is 13.8 Å². The Morgan fingerprint density at radius 1 is 1.22 bits per heavy atom. The van der Waals surface area contributed by atoms with E-state index in [0.717, 1.165) is 22.7 Å². The van der Waals surface area contributed by atoms with Crippen LogP contribution in [0.1, 0.15) is 12.5 Å². The Balaban J connectivity index is 1.73. The van der Waals surface area contributed by atoms with Crippen LogP contribution in [0.2, 0.25) is 0 Å². The van der Waals surface area contributed by atoms with E-state index >= 15 is 0 Å². The lowest BCUT2D eigenvalue weighted by Crippen LogP contribution is -2.38. The van der Waals surface area contributed by atoms with Gasteiger partial charge in [0.05, 0.1) is 23.8 Å². The van der Waals surface area contributed by atoms with E-state index in [4.69, 9.17) is 4.74 Å². The third-order valence-corrected chi connectivity index (χ3v) is 4.05. The second kappa shape index (κ2) is 6.73. The third-order valence-electron chi connectivity index (χ3n) is 4.05. The maximum atomic E-state index is 12.6. The topological polar surface area (TPSA) is 41.6 Å². The summed E-state index contributed by atoms with van der Waals surface area (Å²) in [6.07, 6.45) is 0. The number of nitrogens with zero attached hydrogens (tertiary/aromatic N) is 1. The summed E-state index contributed by atoms with van der Waals surface area (Å²) in [5.41, 5.74) is 3.09. The molecule has 2 aromatic rings. The van der Waals surface area contributed by atoms with Crippen LogP contribution >= 0.6 is 0 Å². The third kappa shape index (κ3) is 3.47. The lowest BCUT2D eigenvalue weighted by Gasteiger charge is -2.24. The number of para-hydroxylation sites is 2. The van der Waals surface area contributed by atoms with E-state index in [0.29, 0.717) is 19.7 Å². The molecule has 1 atom stereocenters. The number of ether oxygens (including phenoxy) is 1. The predicted molar refractivity (Wildman–Crippen MR) is 93.1 cm³/mol. The molecule has 0 aliphatic carbocycles. The number of nitrogens with one attached hydrogen (secondary N) is 1. The standard InChI is InChI=1S/C19H22N2O2/c1-14-6-5-7-16(12-14)23-11-10-21-18-9-4-3-8-17(18)20-13-15(2)19(21)22/h3-9,12,15,20H,10-11,13H2,1-2H3/t15-/m0/s1. The summed E-state index contributed by atoms with van der Waals surface area (Å²) in [6.45, 7) is 5.65. The van der Waals surface area contributed by atoms with Crippen LogP contribution in [0.25, 0.3) is 0 Å². The zero-order chi connectivity index (χ0) is 16.2. The molecule has 0 fully saturated rings. The highest BCUT2D eigenvalue weighted by Crippen LogP contribution is 2.29. The van der Waals surface area contributed by atoms with Gasteiger partial charge in [-0.05, 0) is 36.8 Å². The smallest absolute Gasteiger partial charge is 0.231 e. The molecule has 1 amide bonds. The highest BCUT2D eigenvalue weighted by Gasteiger charge is 2.26. The summed E-state index contributed by atoms with van der Waals surface area (Å²) < 4.78 is 5.81. The van der Waals surface area contributed by atoms with Gasteiger partial charge in [0.1, 0.15) is 12.4 Å². The molecule has 0 saturated carbocycles. The van der Waals surface area contributed by atoms with Crippen LogP contribution in [0, 0.1) is 12.8 Å². The fourth-order valence-corrected chi connectivity index (χ4v) is 2.78. The molecule has 3 rings (SSSR count). The lowest BCUT2D eigenvalue weighted by molar-refractivity contribution is -0.121. The summed E-state index contributed by atoms with van der Waals surface area (Å²) in [7, 11) is 0. The van der Waals surface area contributed by atoms with Gasteiger partial charge in [-0.15, -0.1) is 0 Å². The molecular formula is C19H22N2O2. The number of hydrogen-bond donors (Lipinski definition) is 1. The molecule has 4 heteroatoms. The lowest BCUT2D eigenvalue weighted by atomic mass is 10.1. The Labute approximate surface area is 137 Å². The number of benzene rings is 2. The molecule has 1 aliphatic heterocycles. The van der Waals surface area contributed by atoms with Gasteiger partial charge in [-0.25, -0.2) is 0 Å². The summed E-state index contributed by atoms with van der Waals surface area (Å²) in [6, 6.07) is 15.9. The summed E-state index contributed by atoms with van der Waals surface area (Å²) in [4.78, 5) is 14.5. The summed E-state index contributed by atoms with van der Waals surface area (Å²) >= 11 is 0. The van der Waals surface area contributed by atoms with Gasteiger partial charge < -0.3 is 15.0 Å². The highest BCUT2D eigenvalue weighted by molar-refractivity contribution is 5.99. The number of amides is 1. The first kappa shape index (κ1) is 15.4. The largest absolute Gasteiger partial charge is 0.492 e. The monoisotopic (exact) mass is 310 g/mol. The second-order valence-corrected chi connectivity index (χ2v) is 5.95. The second-order valence-electron chi connectivity index (χ2n) is 5.95. The van der Waals surface area contributed by atoms with Gasteiger partial charge in [0.15, 0.2) is 0 Å². The summed E-state index contributed by atoms with van der Waals surface area (Å²) in [5, 5.41) is 3.35. The van der Waals surface area contributed by atoms with Crippen molar-refractivity contribution in [3.05, 3.63) is 54.1 Å². The molecule has 0 unspecified atom stereocenters. The fourth-order valence-electron chi connectivity index (χ4n) is 2.78.